The van der Waals surface area contributed by atoms with Crippen LogP contribution in [0.25, 0.3) is 6.08 Å². The van der Waals surface area contributed by atoms with Crippen LogP contribution in [0.2, 0.25) is 5.02 Å². The molecule has 0 bridgehead atoms. The lowest BCUT2D eigenvalue weighted by molar-refractivity contribution is -0.120. The van der Waals surface area contributed by atoms with Crippen LogP contribution in [-0.4, -0.2) is 43.0 Å². The van der Waals surface area contributed by atoms with E-state index in [1.807, 2.05) is 29.2 Å². The van der Waals surface area contributed by atoms with Crippen LogP contribution in [-0.2, 0) is 9.59 Å². The fourth-order valence-electron chi connectivity index (χ4n) is 4.41. The highest BCUT2D eigenvalue weighted by molar-refractivity contribution is 6.31. The molecule has 2 unspecified atom stereocenters. The van der Waals surface area contributed by atoms with E-state index in [0.29, 0.717) is 30.2 Å². The summed E-state index contributed by atoms with van der Waals surface area (Å²) in [6.45, 7) is 0.668. The number of rotatable bonds is 8. The molecule has 4 rings (SSSR count). The van der Waals surface area contributed by atoms with Crippen molar-refractivity contribution in [1.29, 1.82) is 0 Å². The van der Waals surface area contributed by atoms with Gasteiger partial charge in [-0.25, -0.2) is 8.78 Å². The molecule has 0 spiro atoms. The van der Waals surface area contributed by atoms with Gasteiger partial charge in [0, 0.05) is 37.3 Å². The third-order valence-corrected chi connectivity index (χ3v) is 6.62. The normalized spacial score (nSPS) is 17.7. The van der Waals surface area contributed by atoms with Gasteiger partial charge in [-0.2, -0.15) is 0 Å². The number of hydrogen-bond donors (Lipinski definition) is 3. The first-order valence-corrected chi connectivity index (χ1v) is 12.2. The zero-order valence-corrected chi connectivity index (χ0v) is 20.7. The van der Waals surface area contributed by atoms with Crippen LogP contribution in [0.5, 0.6) is 0 Å². The number of hydrogen-bond acceptors (Lipinski definition) is 4. The van der Waals surface area contributed by atoms with Crippen molar-refractivity contribution in [3.63, 3.8) is 0 Å². The van der Waals surface area contributed by atoms with Crippen molar-refractivity contribution >= 4 is 46.6 Å². The van der Waals surface area contributed by atoms with Gasteiger partial charge >= 0.3 is 0 Å². The van der Waals surface area contributed by atoms with Crippen LogP contribution in [0.3, 0.4) is 0 Å². The summed E-state index contributed by atoms with van der Waals surface area (Å²) in [4.78, 5) is 27.3. The maximum atomic E-state index is 13.5. The molecular formula is C28H27ClF2N4O2. The second-order valence-electron chi connectivity index (χ2n) is 8.86. The summed E-state index contributed by atoms with van der Waals surface area (Å²) >= 11 is 5.84. The molecular weight excluding hydrogens is 498 g/mol. The predicted molar refractivity (Wildman–Crippen MR) is 144 cm³/mol. The van der Waals surface area contributed by atoms with Crippen LogP contribution < -0.4 is 16.4 Å². The molecule has 192 valence electrons. The average Bonchev–Trinajstić information content (AvgIpc) is 3.31. The Morgan fingerprint density at radius 1 is 1.05 bits per heavy atom. The summed E-state index contributed by atoms with van der Waals surface area (Å²) in [6, 6.07) is 18.6. The first-order valence-electron chi connectivity index (χ1n) is 11.8. The van der Waals surface area contributed by atoms with Crippen molar-refractivity contribution in [2.75, 3.05) is 42.7 Å². The van der Waals surface area contributed by atoms with Crippen molar-refractivity contribution < 1.29 is 18.4 Å². The van der Waals surface area contributed by atoms with Crippen LogP contribution >= 0.6 is 11.6 Å². The van der Waals surface area contributed by atoms with E-state index in [0.717, 1.165) is 11.1 Å². The van der Waals surface area contributed by atoms with Gasteiger partial charge in [-0.05, 0) is 47.5 Å². The number of nitrogens with one attached hydrogen (secondary N) is 2. The molecule has 0 radical (unpaired) electrons. The number of anilines is 3. The Morgan fingerprint density at radius 3 is 2.51 bits per heavy atom. The average molecular weight is 525 g/mol. The summed E-state index contributed by atoms with van der Waals surface area (Å²) in [7, 11) is 0. The Labute approximate surface area is 219 Å². The van der Waals surface area contributed by atoms with E-state index in [1.54, 1.807) is 30.3 Å². The van der Waals surface area contributed by atoms with Crippen LogP contribution in [0.1, 0.15) is 17.0 Å². The number of benzene rings is 3. The summed E-state index contributed by atoms with van der Waals surface area (Å²) in [5.41, 5.74) is 9.01. The topological polar surface area (TPSA) is 87.5 Å². The summed E-state index contributed by atoms with van der Waals surface area (Å²) in [5.74, 6) is -1.71. The molecule has 0 aliphatic carbocycles. The number of nitrogens with two attached hydrogens (primary N) is 1. The number of amides is 2. The summed E-state index contributed by atoms with van der Waals surface area (Å²) in [5, 5.41) is 5.47. The Morgan fingerprint density at radius 2 is 1.81 bits per heavy atom. The summed E-state index contributed by atoms with van der Waals surface area (Å²) in [6.07, 6.45) is 3.11. The van der Waals surface area contributed by atoms with Crippen molar-refractivity contribution in [3.8, 4) is 0 Å². The van der Waals surface area contributed by atoms with E-state index < -0.39 is 18.4 Å². The number of halogens is 3. The standard InChI is InChI=1S/C28H27ClF2N4O2/c29-23-15-20(10-11-24(23)31)33-28(37)22-17-35(14-13-30)16-21(22)19-8-5-18(6-9-19)7-12-27(36)34-26-4-2-1-3-25(26)32/h1-12,15,21-22H,13-14,16-17,32H2,(H,33,37)(H,34,36). The van der Waals surface area contributed by atoms with E-state index in [4.69, 9.17) is 17.3 Å². The van der Waals surface area contributed by atoms with Gasteiger partial charge in [0.2, 0.25) is 11.8 Å². The molecule has 1 saturated heterocycles. The first-order chi connectivity index (χ1) is 17.8. The molecule has 2 amide bonds. The number of likely N-dealkylation sites (tertiary alicyclic amines) is 1. The van der Waals surface area contributed by atoms with Gasteiger partial charge in [-0.3, -0.25) is 14.5 Å². The lowest BCUT2D eigenvalue weighted by Crippen LogP contribution is -2.29. The van der Waals surface area contributed by atoms with Gasteiger partial charge < -0.3 is 16.4 Å². The second-order valence-corrected chi connectivity index (χ2v) is 9.26. The minimum Gasteiger partial charge on any atom is -0.397 e. The molecule has 0 saturated carbocycles. The Kier molecular flexibility index (Phi) is 8.53. The molecule has 37 heavy (non-hydrogen) atoms. The molecule has 1 aliphatic rings. The van der Waals surface area contributed by atoms with E-state index in [-0.39, 0.29) is 29.3 Å². The van der Waals surface area contributed by atoms with Gasteiger partial charge in [-0.1, -0.05) is 48.0 Å². The second kappa shape index (κ2) is 12.0. The fourth-order valence-corrected chi connectivity index (χ4v) is 4.59. The van der Waals surface area contributed by atoms with E-state index >= 15 is 0 Å². The van der Waals surface area contributed by atoms with Crippen molar-refractivity contribution in [3.05, 3.63) is 94.8 Å². The fraction of sp³-hybridized carbons (Fsp3) is 0.214. The third kappa shape index (κ3) is 6.72. The van der Waals surface area contributed by atoms with E-state index in [1.165, 1.54) is 24.3 Å². The Bertz CT molecular complexity index is 1300. The van der Waals surface area contributed by atoms with Gasteiger partial charge in [0.15, 0.2) is 0 Å². The molecule has 1 aliphatic heterocycles. The van der Waals surface area contributed by atoms with Crippen molar-refractivity contribution in [2.24, 2.45) is 5.92 Å². The maximum Gasteiger partial charge on any atom is 0.248 e. The number of carbonyl (C=O) groups excluding carboxylic acids is 2. The molecule has 4 N–H and O–H groups in total. The highest BCUT2D eigenvalue weighted by atomic mass is 35.5. The number of carbonyl (C=O) groups is 2. The molecule has 2 atom stereocenters. The van der Waals surface area contributed by atoms with Crippen molar-refractivity contribution in [1.82, 2.24) is 4.90 Å². The number of para-hydroxylation sites is 2. The molecule has 0 aromatic heterocycles. The minimum absolute atomic E-state index is 0.0793. The quantitative estimate of drug-likeness (QED) is 0.274. The van der Waals surface area contributed by atoms with Crippen LogP contribution in [0.4, 0.5) is 25.8 Å². The number of nitrogens with zero attached hydrogens (tertiary/aromatic N) is 1. The lowest BCUT2D eigenvalue weighted by atomic mass is 9.88. The third-order valence-electron chi connectivity index (χ3n) is 6.33. The molecule has 6 nitrogen and oxygen atoms in total. The Balaban J connectivity index is 1.44. The van der Waals surface area contributed by atoms with Gasteiger partial charge in [-0.15, -0.1) is 0 Å². The monoisotopic (exact) mass is 524 g/mol. The number of alkyl halides is 1. The zero-order valence-electron chi connectivity index (χ0n) is 20.0. The molecule has 9 heteroatoms. The smallest absolute Gasteiger partial charge is 0.248 e. The largest absolute Gasteiger partial charge is 0.397 e. The maximum absolute atomic E-state index is 13.5. The zero-order chi connectivity index (χ0) is 26.4. The molecule has 3 aromatic carbocycles. The highest BCUT2D eigenvalue weighted by Gasteiger charge is 2.38. The first kappa shape index (κ1) is 26.3. The lowest BCUT2D eigenvalue weighted by Gasteiger charge is -2.19. The van der Waals surface area contributed by atoms with Crippen LogP contribution in [0, 0.1) is 11.7 Å². The highest BCUT2D eigenvalue weighted by Crippen LogP contribution is 2.34. The van der Waals surface area contributed by atoms with Crippen molar-refractivity contribution in [2.45, 2.75) is 5.92 Å². The van der Waals surface area contributed by atoms with E-state index in [9.17, 15) is 18.4 Å². The predicted octanol–water partition coefficient (Wildman–Crippen LogP) is 5.34. The van der Waals surface area contributed by atoms with Gasteiger partial charge in [0.05, 0.1) is 22.3 Å². The molecule has 1 fully saturated rings. The SMILES string of the molecule is Nc1ccccc1NC(=O)C=Cc1ccc(C2CN(CCF)CC2C(=O)Nc2ccc(F)c(Cl)c2)cc1. The van der Waals surface area contributed by atoms with Gasteiger partial charge in [0.25, 0.3) is 0 Å². The molecule has 3 aromatic rings. The van der Waals surface area contributed by atoms with Crippen LogP contribution in [0.15, 0.2) is 72.8 Å². The Hall–Kier alpha value is -3.75. The van der Waals surface area contributed by atoms with E-state index in [2.05, 4.69) is 10.6 Å². The molecule has 1 heterocycles. The minimum atomic E-state index is -0.566. The van der Waals surface area contributed by atoms with Gasteiger partial charge in [0.1, 0.15) is 12.5 Å². The summed E-state index contributed by atoms with van der Waals surface area (Å²) < 4.78 is 26.5. The number of nitrogen functional groups attached to an aromatic ring is 1.